The Balaban J connectivity index is 1.40. The summed E-state index contributed by atoms with van der Waals surface area (Å²) in [4.78, 5) is 79.3. The number of carbonyl (C=O) groups is 6. The molecule has 4 amide bonds. The van der Waals surface area contributed by atoms with E-state index < -0.39 is 18.0 Å². The summed E-state index contributed by atoms with van der Waals surface area (Å²) in [6, 6.07) is 8.83. The lowest BCUT2D eigenvalue weighted by Gasteiger charge is -2.15. The number of unbranched alkanes of at least 4 members (excludes halogenated alkanes) is 1. The van der Waals surface area contributed by atoms with Crippen LogP contribution in [0.5, 0.6) is 0 Å². The largest absolute Gasteiger partial charge is 0.534 e. The fourth-order valence-electron chi connectivity index (χ4n) is 5.97. The van der Waals surface area contributed by atoms with Crippen LogP contribution in [0.4, 0.5) is 10.5 Å². The van der Waals surface area contributed by atoms with Gasteiger partial charge in [0.15, 0.2) is 5.78 Å². The molecule has 0 aromatic heterocycles. The van der Waals surface area contributed by atoms with E-state index in [4.69, 9.17) is 24.2 Å². The molecule has 1 unspecified atom stereocenters. The third-order valence-electron chi connectivity index (χ3n) is 8.76. The van der Waals surface area contributed by atoms with E-state index in [0.717, 1.165) is 29.5 Å². The summed E-state index contributed by atoms with van der Waals surface area (Å²) in [6.45, 7) is 5.65. The maximum atomic E-state index is 13.5. The number of hydrogen-bond donors (Lipinski definition) is 3. The highest BCUT2D eigenvalue weighted by atomic mass is 16.8. The third-order valence-corrected chi connectivity index (χ3v) is 8.76. The first-order chi connectivity index (χ1) is 25.1. The van der Waals surface area contributed by atoms with Crippen LogP contribution < -0.4 is 10.6 Å². The van der Waals surface area contributed by atoms with Crippen LogP contribution in [0.3, 0.4) is 0 Å². The monoisotopic (exact) mass is 723 g/mol. The minimum Gasteiger partial charge on any atom is -0.428 e. The van der Waals surface area contributed by atoms with E-state index in [-0.39, 0.29) is 69.0 Å². The van der Waals surface area contributed by atoms with Gasteiger partial charge in [-0.2, -0.15) is 0 Å². The predicted molar refractivity (Wildman–Crippen MR) is 189 cm³/mol. The molecule has 0 spiro atoms. The molecule has 282 valence electrons. The van der Waals surface area contributed by atoms with Crippen molar-refractivity contribution in [3.8, 4) is 11.1 Å². The third kappa shape index (κ3) is 11.7. The number of Topliss-reactive ketones (excluding diaryl/α,β-unsaturated/α-hetero) is 1. The SMILES string of the molecule is CCCCOCCNC(=O)CCCC(=O)Nc1ccc2c(c1)Cc1c(COC(=O)ON3C(=O)CCC3=O)ccc(C(=O)CCCOC(C)CCO)c1-2. The molecule has 1 atom stereocenters. The van der Waals surface area contributed by atoms with E-state index >= 15 is 0 Å². The zero-order chi connectivity index (χ0) is 37.5. The molecule has 3 N–H and O–H groups in total. The summed E-state index contributed by atoms with van der Waals surface area (Å²) in [6.07, 6.45) is 2.98. The van der Waals surface area contributed by atoms with Gasteiger partial charge in [-0.15, -0.1) is 0 Å². The number of anilines is 1. The molecule has 14 heteroatoms. The van der Waals surface area contributed by atoms with Crippen LogP contribution in [0, 0.1) is 0 Å². The number of fused-ring (bicyclic) bond motifs is 3. The van der Waals surface area contributed by atoms with Crippen molar-refractivity contribution in [2.24, 2.45) is 0 Å². The van der Waals surface area contributed by atoms with Crippen molar-refractivity contribution in [2.75, 3.05) is 38.3 Å². The molecule has 0 saturated carbocycles. The number of hydrogen-bond acceptors (Lipinski definition) is 11. The molecule has 14 nitrogen and oxygen atoms in total. The lowest BCUT2D eigenvalue weighted by atomic mass is 9.92. The minimum atomic E-state index is -1.21. The highest BCUT2D eigenvalue weighted by molar-refractivity contribution is 6.05. The van der Waals surface area contributed by atoms with Crippen molar-refractivity contribution in [3.63, 3.8) is 0 Å². The summed E-state index contributed by atoms with van der Waals surface area (Å²) in [5.41, 5.74) is 4.79. The topological polar surface area (TPSA) is 187 Å². The van der Waals surface area contributed by atoms with E-state index in [1.54, 1.807) is 18.2 Å². The Bertz CT molecular complexity index is 1590. The average molecular weight is 724 g/mol. The molecule has 1 fully saturated rings. The molecule has 4 rings (SSSR count). The summed E-state index contributed by atoms with van der Waals surface area (Å²) in [5, 5.41) is 15.2. The number of ether oxygens (including phenoxy) is 3. The van der Waals surface area contributed by atoms with Gasteiger partial charge >= 0.3 is 6.16 Å². The van der Waals surface area contributed by atoms with Gasteiger partial charge in [-0.3, -0.25) is 28.8 Å². The van der Waals surface area contributed by atoms with Crippen LogP contribution in [0.25, 0.3) is 11.1 Å². The first kappa shape index (κ1) is 40.1. The summed E-state index contributed by atoms with van der Waals surface area (Å²) < 4.78 is 16.4. The number of benzene rings is 2. The average Bonchev–Trinajstić information content (AvgIpc) is 3.65. The van der Waals surface area contributed by atoms with Crippen LogP contribution in [-0.2, 0) is 51.3 Å². The Labute approximate surface area is 303 Å². The molecular formula is C38H49N3O11. The van der Waals surface area contributed by atoms with Gasteiger partial charge < -0.3 is 30.0 Å². The highest BCUT2D eigenvalue weighted by Gasteiger charge is 2.34. The fourth-order valence-corrected chi connectivity index (χ4v) is 5.97. The van der Waals surface area contributed by atoms with Gasteiger partial charge in [0.2, 0.25) is 11.8 Å². The number of ketones is 1. The normalized spacial score (nSPS) is 13.8. The molecule has 1 aliphatic heterocycles. The number of aliphatic hydroxyl groups excluding tert-OH is 1. The van der Waals surface area contributed by atoms with E-state index in [0.29, 0.717) is 79.5 Å². The lowest BCUT2D eigenvalue weighted by molar-refractivity contribution is -0.177. The first-order valence-electron chi connectivity index (χ1n) is 18.0. The lowest BCUT2D eigenvalue weighted by Crippen LogP contribution is -2.32. The van der Waals surface area contributed by atoms with Crippen molar-refractivity contribution in [1.29, 1.82) is 0 Å². The van der Waals surface area contributed by atoms with E-state index in [2.05, 4.69) is 17.6 Å². The predicted octanol–water partition coefficient (Wildman–Crippen LogP) is 4.77. The second-order valence-electron chi connectivity index (χ2n) is 12.8. The Morgan fingerprint density at radius 3 is 2.44 bits per heavy atom. The van der Waals surface area contributed by atoms with Gasteiger partial charge in [0, 0.05) is 69.7 Å². The number of aliphatic hydroxyl groups is 1. The molecule has 0 radical (unpaired) electrons. The zero-order valence-electron chi connectivity index (χ0n) is 30.0. The summed E-state index contributed by atoms with van der Waals surface area (Å²) >= 11 is 0. The molecule has 2 aromatic carbocycles. The number of nitrogens with one attached hydrogen (secondary N) is 2. The Hall–Kier alpha value is -4.66. The molecule has 1 aliphatic carbocycles. The van der Waals surface area contributed by atoms with Gasteiger partial charge in [0.25, 0.3) is 11.8 Å². The van der Waals surface area contributed by atoms with Gasteiger partial charge in [-0.05, 0) is 79.0 Å². The molecule has 52 heavy (non-hydrogen) atoms. The van der Waals surface area contributed by atoms with Crippen LogP contribution in [0.2, 0.25) is 0 Å². The number of rotatable bonds is 22. The van der Waals surface area contributed by atoms with E-state index in [1.807, 2.05) is 19.1 Å². The Kier molecular flexibility index (Phi) is 15.7. The Morgan fingerprint density at radius 1 is 0.923 bits per heavy atom. The second-order valence-corrected chi connectivity index (χ2v) is 12.8. The molecule has 2 aliphatic rings. The number of carbonyl (C=O) groups excluding carboxylic acids is 6. The van der Waals surface area contributed by atoms with E-state index in [9.17, 15) is 28.8 Å². The number of hydroxylamine groups is 2. The zero-order valence-corrected chi connectivity index (χ0v) is 30.0. The minimum absolute atomic E-state index is 0.0217. The summed E-state index contributed by atoms with van der Waals surface area (Å²) in [5.74, 6) is -1.71. The van der Waals surface area contributed by atoms with Crippen LogP contribution >= 0.6 is 0 Å². The number of amides is 4. The van der Waals surface area contributed by atoms with Crippen LogP contribution in [-0.4, -0.2) is 84.8 Å². The van der Waals surface area contributed by atoms with Gasteiger partial charge in [0.05, 0.1) is 12.7 Å². The second kappa shape index (κ2) is 20.4. The van der Waals surface area contributed by atoms with Crippen molar-refractivity contribution < 1.29 is 52.9 Å². The molecule has 1 saturated heterocycles. The number of imide groups is 1. The van der Waals surface area contributed by atoms with Crippen molar-refractivity contribution in [3.05, 3.63) is 52.6 Å². The molecule has 1 heterocycles. The quantitative estimate of drug-likeness (QED) is 0.0561. The fraction of sp³-hybridized carbons (Fsp3) is 0.526. The maximum absolute atomic E-state index is 13.5. The first-order valence-corrected chi connectivity index (χ1v) is 18.0. The Morgan fingerprint density at radius 2 is 1.69 bits per heavy atom. The maximum Gasteiger partial charge on any atom is 0.534 e. The van der Waals surface area contributed by atoms with Crippen molar-refractivity contribution in [1.82, 2.24) is 10.4 Å². The highest BCUT2D eigenvalue weighted by Crippen LogP contribution is 2.42. The van der Waals surface area contributed by atoms with Crippen LogP contribution in [0.15, 0.2) is 30.3 Å². The molecule has 0 bridgehead atoms. The van der Waals surface area contributed by atoms with Gasteiger partial charge in [-0.1, -0.05) is 36.6 Å². The number of nitrogens with zero attached hydrogens (tertiary/aromatic N) is 1. The van der Waals surface area contributed by atoms with Crippen LogP contribution in [0.1, 0.15) is 105 Å². The van der Waals surface area contributed by atoms with Crippen molar-refractivity contribution >= 4 is 41.3 Å². The van der Waals surface area contributed by atoms with Gasteiger partial charge in [-0.25, -0.2) is 4.79 Å². The summed E-state index contributed by atoms with van der Waals surface area (Å²) in [7, 11) is 0. The van der Waals surface area contributed by atoms with Crippen molar-refractivity contribution in [2.45, 2.75) is 97.2 Å². The molecular weight excluding hydrogens is 674 g/mol. The molecule has 2 aromatic rings. The standard InChI is InChI=1S/C38H49N3O11/c1-3-4-19-49-21-17-39-33(44)8-5-9-34(45)40-28-11-13-29-27(22-28)23-31-26(24-51-38(48)52-41-35(46)14-15-36(41)47)10-12-30(37(29)31)32(43)7-6-20-50-25(2)16-18-42/h10-13,22,25,42H,3-9,14-21,23-24H2,1-2H3,(H,39,44)(H,40,45). The van der Waals surface area contributed by atoms with Gasteiger partial charge in [0.1, 0.15) is 6.61 Å². The van der Waals surface area contributed by atoms with E-state index in [1.165, 1.54) is 0 Å². The smallest absolute Gasteiger partial charge is 0.428 e.